The van der Waals surface area contributed by atoms with Crippen molar-refractivity contribution in [2.24, 2.45) is 0 Å². The SMILES string of the molecule is Cc1ccccc1NC(=O)Cc1csc(NC(=O)/C=C/c2ccccc2)n1. The van der Waals surface area contributed by atoms with Crippen molar-refractivity contribution in [2.45, 2.75) is 13.3 Å². The van der Waals surface area contributed by atoms with Crippen molar-refractivity contribution in [3.05, 3.63) is 82.9 Å². The lowest BCUT2D eigenvalue weighted by Gasteiger charge is -2.06. The molecule has 0 aliphatic rings. The summed E-state index contributed by atoms with van der Waals surface area (Å²) in [6.45, 7) is 1.94. The molecule has 0 fully saturated rings. The summed E-state index contributed by atoms with van der Waals surface area (Å²) in [5, 5.41) is 7.83. The fourth-order valence-electron chi connectivity index (χ4n) is 2.40. The Balaban J connectivity index is 1.53. The van der Waals surface area contributed by atoms with Gasteiger partial charge in [-0.2, -0.15) is 0 Å². The molecule has 27 heavy (non-hydrogen) atoms. The van der Waals surface area contributed by atoms with Gasteiger partial charge in [-0.15, -0.1) is 11.3 Å². The molecule has 5 nitrogen and oxygen atoms in total. The molecule has 0 aliphatic carbocycles. The van der Waals surface area contributed by atoms with Crippen molar-refractivity contribution < 1.29 is 9.59 Å². The Labute approximate surface area is 161 Å². The highest BCUT2D eigenvalue weighted by atomic mass is 32.1. The third kappa shape index (κ3) is 5.62. The van der Waals surface area contributed by atoms with Gasteiger partial charge in [0, 0.05) is 17.1 Å². The normalized spacial score (nSPS) is 10.7. The van der Waals surface area contributed by atoms with Gasteiger partial charge in [0.25, 0.3) is 0 Å². The molecule has 2 N–H and O–H groups in total. The predicted molar refractivity (Wildman–Crippen MR) is 110 cm³/mol. The second-order valence-electron chi connectivity index (χ2n) is 5.92. The molecule has 0 radical (unpaired) electrons. The van der Waals surface area contributed by atoms with Crippen LogP contribution in [0.5, 0.6) is 0 Å². The standard InChI is InChI=1S/C21H19N3O2S/c1-15-7-5-6-10-18(15)23-20(26)13-17-14-27-21(22-17)24-19(25)12-11-16-8-3-2-4-9-16/h2-12,14H,13H2,1H3,(H,23,26)(H,22,24,25)/b12-11+. The number of benzene rings is 2. The molecule has 1 aromatic heterocycles. The number of rotatable bonds is 6. The summed E-state index contributed by atoms with van der Waals surface area (Å²) in [4.78, 5) is 28.5. The maximum Gasteiger partial charge on any atom is 0.250 e. The zero-order valence-corrected chi connectivity index (χ0v) is 15.6. The van der Waals surface area contributed by atoms with Crippen LogP contribution in [0.1, 0.15) is 16.8 Å². The number of para-hydroxylation sites is 1. The quantitative estimate of drug-likeness (QED) is 0.630. The first-order valence-electron chi connectivity index (χ1n) is 8.44. The number of carbonyl (C=O) groups is 2. The van der Waals surface area contributed by atoms with Crippen LogP contribution in [0, 0.1) is 6.92 Å². The molecule has 0 saturated heterocycles. The summed E-state index contributed by atoms with van der Waals surface area (Å²) < 4.78 is 0. The van der Waals surface area contributed by atoms with Crippen molar-refractivity contribution >= 4 is 40.0 Å². The summed E-state index contributed by atoms with van der Waals surface area (Å²) in [6, 6.07) is 17.2. The fraction of sp³-hybridized carbons (Fsp3) is 0.0952. The van der Waals surface area contributed by atoms with E-state index in [0.717, 1.165) is 16.8 Å². The molecule has 0 aliphatic heterocycles. The Morgan fingerprint density at radius 1 is 1.04 bits per heavy atom. The number of anilines is 2. The van der Waals surface area contributed by atoms with E-state index in [2.05, 4.69) is 15.6 Å². The van der Waals surface area contributed by atoms with Gasteiger partial charge >= 0.3 is 0 Å². The van der Waals surface area contributed by atoms with Crippen LogP contribution in [0.15, 0.2) is 66.1 Å². The Bertz CT molecular complexity index is 964. The summed E-state index contributed by atoms with van der Waals surface area (Å²) in [5.74, 6) is -0.402. The van der Waals surface area contributed by atoms with Gasteiger partial charge in [-0.25, -0.2) is 4.98 Å². The highest BCUT2D eigenvalue weighted by Crippen LogP contribution is 2.17. The number of hydrogen-bond acceptors (Lipinski definition) is 4. The largest absolute Gasteiger partial charge is 0.326 e. The van der Waals surface area contributed by atoms with Crippen LogP contribution in [0.3, 0.4) is 0 Å². The molecule has 6 heteroatoms. The molecule has 3 aromatic rings. The number of hydrogen-bond donors (Lipinski definition) is 2. The van der Waals surface area contributed by atoms with Crippen LogP contribution in [-0.4, -0.2) is 16.8 Å². The number of aromatic nitrogens is 1. The first-order chi connectivity index (χ1) is 13.1. The molecule has 2 aromatic carbocycles. The molecular formula is C21H19N3O2S. The molecule has 1 heterocycles. The molecule has 0 unspecified atom stereocenters. The molecule has 136 valence electrons. The van der Waals surface area contributed by atoms with Gasteiger partial charge in [-0.05, 0) is 30.2 Å². The summed E-state index contributed by atoms with van der Waals surface area (Å²) in [6.07, 6.45) is 3.35. The van der Waals surface area contributed by atoms with Crippen molar-refractivity contribution in [3.8, 4) is 0 Å². The minimum absolute atomic E-state index is 0.142. The Morgan fingerprint density at radius 3 is 2.56 bits per heavy atom. The average Bonchev–Trinajstić information content (AvgIpc) is 3.09. The second-order valence-corrected chi connectivity index (χ2v) is 6.78. The molecule has 2 amide bonds. The predicted octanol–water partition coefficient (Wildman–Crippen LogP) is 4.28. The first kappa shape index (κ1) is 18.5. The number of aryl methyl sites for hydroxylation is 1. The van der Waals surface area contributed by atoms with Crippen LogP contribution < -0.4 is 10.6 Å². The van der Waals surface area contributed by atoms with Crippen molar-refractivity contribution in [3.63, 3.8) is 0 Å². The lowest BCUT2D eigenvalue weighted by molar-refractivity contribution is -0.115. The van der Waals surface area contributed by atoms with Crippen LogP contribution in [0.2, 0.25) is 0 Å². The number of nitrogens with zero attached hydrogens (tertiary/aromatic N) is 1. The van der Waals surface area contributed by atoms with Gasteiger partial charge < -0.3 is 5.32 Å². The first-order valence-corrected chi connectivity index (χ1v) is 9.32. The van der Waals surface area contributed by atoms with E-state index in [1.807, 2.05) is 61.5 Å². The van der Waals surface area contributed by atoms with Crippen LogP contribution >= 0.6 is 11.3 Å². The Kier molecular flexibility index (Phi) is 6.12. The monoisotopic (exact) mass is 377 g/mol. The van der Waals surface area contributed by atoms with Crippen LogP contribution in [0.25, 0.3) is 6.08 Å². The van der Waals surface area contributed by atoms with E-state index in [1.54, 1.807) is 11.5 Å². The van der Waals surface area contributed by atoms with Crippen LogP contribution in [0.4, 0.5) is 10.8 Å². The van der Waals surface area contributed by atoms with Crippen molar-refractivity contribution in [2.75, 3.05) is 10.6 Å². The lowest BCUT2D eigenvalue weighted by Crippen LogP contribution is -2.15. The molecular weight excluding hydrogens is 358 g/mol. The van der Waals surface area contributed by atoms with E-state index >= 15 is 0 Å². The summed E-state index contributed by atoms with van der Waals surface area (Å²) in [7, 11) is 0. The minimum Gasteiger partial charge on any atom is -0.326 e. The summed E-state index contributed by atoms with van der Waals surface area (Å²) >= 11 is 1.29. The zero-order valence-electron chi connectivity index (χ0n) is 14.8. The Hall–Kier alpha value is -3.25. The topological polar surface area (TPSA) is 71.1 Å². The van der Waals surface area contributed by atoms with Gasteiger partial charge in [0.1, 0.15) is 0 Å². The third-order valence-corrected chi connectivity index (χ3v) is 4.58. The van der Waals surface area contributed by atoms with Gasteiger partial charge in [-0.1, -0.05) is 48.5 Å². The van der Waals surface area contributed by atoms with E-state index in [1.165, 1.54) is 17.4 Å². The smallest absolute Gasteiger partial charge is 0.250 e. The zero-order chi connectivity index (χ0) is 19.1. The van der Waals surface area contributed by atoms with E-state index < -0.39 is 0 Å². The minimum atomic E-state index is -0.260. The highest BCUT2D eigenvalue weighted by Gasteiger charge is 2.10. The van der Waals surface area contributed by atoms with E-state index in [4.69, 9.17) is 0 Å². The van der Waals surface area contributed by atoms with Gasteiger partial charge in [0.2, 0.25) is 11.8 Å². The van der Waals surface area contributed by atoms with Gasteiger partial charge in [0.05, 0.1) is 12.1 Å². The summed E-state index contributed by atoms with van der Waals surface area (Å²) in [5.41, 5.74) is 3.35. The maximum absolute atomic E-state index is 12.2. The fourth-order valence-corrected chi connectivity index (χ4v) is 3.11. The molecule has 0 spiro atoms. The van der Waals surface area contributed by atoms with Gasteiger partial charge in [0.15, 0.2) is 5.13 Å². The Morgan fingerprint density at radius 2 is 1.78 bits per heavy atom. The molecule has 0 atom stereocenters. The maximum atomic E-state index is 12.2. The van der Waals surface area contributed by atoms with Gasteiger partial charge in [-0.3, -0.25) is 14.9 Å². The number of carbonyl (C=O) groups excluding carboxylic acids is 2. The molecule has 0 bridgehead atoms. The number of amides is 2. The third-order valence-electron chi connectivity index (χ3n) is 3.77. The van der Waals surface area contributed by atoms with E-state index in [9.17, 15) is 9.59 Å². The lowest BCUT2D eigenvalue weighted by atomic mass is 10.2. The van der Waals surface area contributed by atoms with Crippen LogP contribution in [-0.2, 0) is 16.0 Å². The number of thiazole rings is 1. The number of nitrogens with one attached hydrogen (secondary N) is 2. The second kappa shape index (κ2) is 8.91. The van der Waals surface area contributed by atoms with E-state index in [-0.39, 0.29) is 18.2 Å². The van der Waals surface area contributed by atoms with Crippen molar-refractivity contribution in [1.82, 2.24) is 4.98 Å². The average molecular weight is 377 g/mol. The highest BCUT2D eigenvalue weighted by molar-refractivity contribution is 7.14. The van der Waals surface area contributed by atoms with E-state index in [0.29, 0.717) is 10.8 Å². The van der Waals surface area contributed by atoms with Crippen molar-refractivity contribution in [1.29, 1.82) is 0 Å². The molecule has 0 saturated carbocycles. The molecule has 3 rings (SSSR count).